The van der Waals surface area contributed by atoms with Crippen LogP contribution in [0.2, 0.25) is 0 Å². The first-order valence-corrected chi connectivity index (χ1v) is 14.6. The molecule has 3 aromatic heterocycles. The van der Waals surface area contributed by atoms with Gasteiger partial charge in [-0.15, -0.1) is 0 Å². The van der Waals surface area contributed by atoms with Crippen LogP contribution in [0.15, 0.2) is 48.9 Å². The zero-order valence-electron chi connectivity index (χ0n) is 24.2. The van der Waals surface area contributed by atoms with Crippen LogP contribution in [0.1, 0.15) is 36.9 Å². The third kappa shape index (κ3) is 8.16. The van der Waals surface area contributed by atoms with Crippen molar-refractivity contribution in [1.82, 2.24) is 24.4 Å². The molecule has 4 aromatic rings. The van der Waals surface area contributed by atoms with Gasteiger partial charge in [0, 0.05) is 56.8 Å². The number of ether oxygens (including phenoxy) is 1. The fourth-order valence-corrected chi connectivity index (χ4v) is 5.32. The smallest absolute Gasteiger partial charge is 0.326 e. The highest BCUT2D eigenvalue weighted by atomic mass is 19.1. The summed E-state index contributed by atoms with van der Waals surface area (Å²) in [6, 6.07) is 8.30. The number of hydrogen-bond acceptors (Lipinski definition) is 8. The van der Waals surface area contributed by atoms with Crippen LogP contribution in [0.4, 0.5) is 20.4 Å². The summed E-state index contributed by atoms with van der Waals surface area (Å²) in [4.78, 5) is 27.6. The molecular weight excluding hydrogens is 556 g/mol. The number of benzene rings is 1. The van der Waals surface area contributed by atoms with Gasteiger partial charge >= 0.3 is 5.97 Å². The molecule has 1 aromatic carbocycles. The van der Waals surface area contributed by atoms with Crippen LogP contribution in [-0.4, -0.2) is 74.3 Å². The van der Waals surface area contributed by atoms with E-state index in [0.717, 1.165) is 73.7 Å². The summed E-state index contributed by atoms with van der Waals surface area (Å²) in [5.74, 6) is -0.824. The van der Waals surface area contributed by atoms with Crippen LogP contribution in [-0.2, 0) is 24.7 Å². The predicted molar refractivity (Wildman–Crippen MR) is 160 cm³/mol. The fourth-order valence-electron chi connectivity index (χ4n) is 5.32. The average molecular weight is 594 g/mol. The Bertz CT molecular complexity index is 1530. The molecule has 1 atom stereocenters. The Hall–Kier alpha value is -4.32. The van der Waals surface area contributed by atoms with E-state index in [1.807, 2.05) is 23.9 Å². The van der Waals surface area contributed by atoms with Crippen molar-refractivity contribution in [3.8, 4) is 5.75 Å². The number of halogens is 2. The number of carboxylic acids is 1. The summed E-state index contributed by atoms with van der Waals surface area (Å²) >= 11 is 0. The van der Waals surface area contributed by atoms with Gasteiger partial charge < -0.3 is 25.0 Å². The molecule has 228 valence electrons. The van der Waals surface area contributed by atoms with Crippen molar-refractivity contribution < 1.29 is 23.4 Å². The summed E-state index contributed by atoms with van der Waals surface area (Å²) in [6.45, 7) is 2.77. The number of rotatable bonds is 15. The highest BCUT2D eigenvalue weighted by Gasteiger charge is 2.21. The molecule has 43 heavy (non-hydrogen) atoms. The van der Waals surface area contributed by atoms with Gasteiger partial charge in [-0.25, -0.2) is 28.5 Å². The first-order chi connectivity index (χ1) is 20.9. The minimum absolute atomic E-state index is 0.116. The largest absolute Gasteiger partial charge is 0.492 e. The molecule has 0 aliphatic carbocycles. The maximum Gasteiger partial charge on any atom is 0.326 e. The maximum atomic E-state index is 13.6. The Kier molecular flexibility index (Phi) is 9.98. The molecule has 0 radical (unpaired) electrons. The van der Waals surface area contributed by atoms with Crippen LogP contribution in [0, 0.1) is 11.6 Å². The molecule has 0 fully saturated rings. The molecule has 0 saturated heterocycles. The third-order valence-corrected chi connectivity index (χ3v) is 7.63. The minimum Gasteiger partial charge on any atom is -0.492 e. The first kappa shape index (κ1) is 30.1. The zero-order chi connectivity index (χ0) is 30.2. The maximum absolute atomic E-state index is 13.6. The molecule has 0 spiro atoms. The normalized spacial score (nSPS) is 13.5. The number of carboxylic acid groups (broad SMARTS) is 1. The molecule has 5 rings (SSSR count). The number of aryl methyl sites for hydroxylation is 3. The Labute approximate surface area is 249 Å². The molecule has 1 unspecified atom stereocenters. The summed E-state index contributed by atoms with van der Waals surface area (Å²) in [5, 5.41) is 17.2. The lowest BCUT2D eigenvalue weighted by Crippen LogP contribution is -2.37. The van der Waals surface area contributed by atoms with Crippen LogP contribution in [0.25, 0.3) is 11.0 Å². The Morgan fingerprint density at radius 3 is 2.79 bits per heavy atom. The van der Waals surface area contributed by atoms with Gasteiger partial charge in [-0.05, 0) is 62.8 Å². The van der Waals surface area contributed by atoms with E-state index in [0.29, 0.717) is 37.5 Å². The molecule has 12 heteroatoms. The lowest BCUT2D eigenvalue weighted by atomic mass is 10.1. The van der Waals surface area contributed by atoms with Gasteiger partial charge in [0.15, 0.2) is 0 Å². The van der Waals surface area contributed by atoms with E-state index in [-0.39, 0.29) is 12.4 Å². The number of anilines is 2. The quantitative estimate of drug-likeness (QED) is 0.169. The van der Waals surface area contributed by atoms with Crippen molar-refractivity contribution in [3.05, 3.63) is 71.8 Å². The summed E-state index contributed by atoms with van der Waals surface area (Å²) in [6.07, 6.45) is 8.35. The molecule has 1 aliphatic heterocycles. The highest BCUT2D eigenvalue weighted by molar-refractivity contribution is 5.89. The number of carbonyl (C=O) groups is 1. The molecule has 1 aliphatic rings. The van der Waals surface area contributed by atoms with Crippen LogP contribution < -0.4 is 15.4 Å². The number of nitrogens with zero attached hydrogens (tertiary/aromatic N) is 5. The van der Waals surface area contributed by atoms with Crippen LogP contribution >= 0.6 is 0 Å². The Balaban J connectivity index is 1.19. The minimum atomic E-state index is -0.985. The van der Waals surface area contributed by atoms with Crippen molar-refractivity contribution in [3.63, 3.8) is 0 Å². The fraction of sp³-hybridized carbons (Fsp3) is 0.419. The van der Waals surface area contributed by atoms with Crippen LogP contribution in [0.5, 0.6) is 5.75 Å². The zero-order valence-corrected chi connectivity index (χ0v) is 24.2. The Morgan fingerprint density at radius 1 is 1.14 bits per heavy atom. The monoisotopic (exact) mass is 593 g/mol. The van der Waals surface area contributed by atoms with Crippen LogP contribution in [0.3, 0.4) is 0 Å². The van der Waals surface area contributed by atoms with Gasteiger partial charge in [0.1, 0.15) is 53.6 Å². The second kappa shape index (κ2) is 14.2. The molecule has 4 heterocycles. The molecule has 10 nitrogen and oxygen atoms in total. The summed E-state index contributed by atoms with van der Waals surface area (Å²) in [7, 11) is 1.87. The van der Waals surface area contributed by atoms with Crippen molar-refractivity contribution >= 4 is 28.6 Å². The molecule has 0 saturated carbocycles. The van der Waals surface area contributed by atoms with Gasteiger partial charge in [0.25, 0.3) is 0 Å². The summed E-state index contributed by atoms with van der Waals surface area (Å²) in [5.41, 5.74) is 3.01. The topological polar surface area (TPSA) is 117 Å². The first-order valence-electron chi connectivity index (χ1n) is 14.6. The molecule has 3 N–H and O–H groups in total. The lowest BCUT2D eigenvalue weighted by molar-refractivity contribution is -0.138. The second-order valence-corrected chi connectivity index (χ2v) is 10.8. The highest BCUT2D eigenvalue weighted by Crippen LogP contribution is 2.22. The number of unbranched alkanes of at least 4 members (excludes halogenated alkanes) is 1. The number of fused-ring (bicyclic) bond motifs is 2. The second-order valence-electron chi connectivity index (χ2n) is 10.8. The van der Waals surface area contributed by atoms with E-state index in [1.165, 1.54) is 11.9 Å². The van der Waals surface area contributed by atoms with Crippen molar-refractivity contribution in [2.24, 2.45) is 7.05 Å². The molecular formula is C31H37F2N7O3. The van der Waals surface area contributed by atoms with Gasteiger partial charge in [-0.1, -0.05) is 6.07 Å². The number of hydrogen-bond donors (Lipinski definition) is 3. The van der Waals surface area contributed by atoms with E-state index >= 15 is 0 Å². The van der Waals surface area contributed by atoms with Crippen molar-refractivity contribution in [2.75, 3.05) is 43.4 Å². The summed E-state index contributed by atoms with van der Waals surface area (Å²) < 4.78 is 34.7. The lowest BCUT2D eigenvalue weighted by Gasteiger charge is -2.25. The predicted octanol–water partition coefficient (Wildman–Crippen LogP) is 4.66. The van der Waals surface area contributed by atoms with E-state index in [2.05, 4.69) is 37.6 Å². The molecule has 0 amide bonds. The SMILES string of the molecule is Cn1ccc2c(NC(CCN(CCCCc3ccc4c(n3)NCCC4)CCOc3cc(F)cc(F)c3)C(=O)O)ncnc21. The van der Waals surface area contributed by atoms with Gasteiger partial charge in [0.05, 0.1) is 5.39 Å². The van der Waals surface area contributed by atoms with Gasteiger partial charge in [0.2, 0.25) is 0 Å². The van der Waals surface area contributed by atoms with E-state index in [1.54, 1.807) is 0 Å². The number of nitrogens with one attached hydrogen (secondary N) is 2. The number of aliphatic carboxylic acids is 1. The molecule has 0 bridgehead atoms. The average Bonchev–Trinajstić information content (AvgIpc) is 3.37. The van der Waals surface area contributed by atoms with Gasteiger partial charge in [-0.3, -0.25) is 4.90 Å². The third-order valence-electron chi connectivity index (χ3n) is 7.63. The van der Waals surface area contributed by atoms with Gasteiger partial charge in [-0.2, -0.15) is 0 Å². The van der Waals surface area contributed by atoms with Crippen molar-refractivity contribution in [1.29, 1.82) is 0 Å². The Morgan fingerprint density at radius 2 is 1.98 bits per heavy atom. The standard InChI is InChI=1S/C31H37F2N7O3/c1-39-13-9-26-29(35-20-36-30(26)39)38-27(31(41)42)10-14-40(15-16-43-25-18-22(32)17-23(33)19-25)12-3-2-6-24-8-7-21-5-4-11-34-28(21)37-24/h7-9,13,17-20,27H,2-6,10-12,14-16H2,1H3,(H,34,37)(H,41,42)(H,35,36,38). The van der Waals surface area contributed by atoms with Crippen molar-refractivity contribution in [2.45, 2.75) is 44.6 Å². The number of aromatic nitrogens is 4. The van der Waals surface area contributed by atoms with E-state index in [4.69, 9.17) is 9.72 Å². The van der Waals surface area contributed by atoms with E-state index in [9.17, 15) is 18.7 Å². The van der Waals surface area contributed by atoms with E-state index < -0.39 is 23.6 Å². The number of pyridine rings is 1.